The first-order valence-corrected chi connectivity index (χ1v) is 14.1. The van der Waals surface area contributed by atoms with Gasteiger partial charge in [-0.15, -0.1) is 0 Å². The SMILES string of the molecule is O=C(CN(c1cc(Cl)ccc1Cl)S(=O)(=O)c1ccccc1)NCCSCc1c(Cl)cccc1Cl. The van der Waals surface area contributed by atoms with Crippen molar-refractivity contribution < 1.29 is 13.2 Å². The number of carbonyl (C=O) groups excluding carboxylic acids is 1. The lowest BCUT2D eigenvalue weighted by atomic mass is 10.2. The zero-order valence-electron chi connectivity index (χ0n) is 17.7. The summed E-state index contributed by atoms with van der Waals surface area (Å²) >= 11 is 26.3. The van der Waals surface area contributed by atoms with E-state index in [1.54, 1.807) is 54.2 Å². The third-order valence-corrected chi connectivity index (χ3v) is 8.69. The highest BCUT2D eigenvalue weighted by Gasteiger charge is 2.28. The third kappa shape index (κ3) is 6.97. The van der Waals surface area contributed by atoms with Gasteiger partial charge in [-0.05, 0) is 48.0 Å². The summed E-state index contributed by atoms with van der Waals surface area (Å²) < 4.78 is 27.6. The van der Waals surface area contributed by atoms with Gasteiger partial charge in [0.2, 0.25) is 5.91 Å². The lowest BCUT2D eigenvalue weighted by Gasteiger charge is -2.25. The van der Waals surface area contributed by atoms with E-state index in [-0.39, 0.29) is 15.6 Å². The molecular weight excluding hydrogens is 558 g/mol. The van der Waals surface area contributed by atoms with E-state index in [9.17, 15) is 13.2 Å². The average molecular weight is 578 g/mol. The highest BCUT2D eigenvalue weighted by Crippen LogP contribution is 2.33. The Morgan fingerprint density at radius 2 is 1.56 bits per heavy atom. The molecule has 0 unspecified atom stereocenters. The van der Waals surface area contributed by atoms with Crippen molar-refractivity contribution in [3.8, 4) is 0 Å². The van der Waals surface area contributed by atoms with Crippen LogP contribution >= 0.6 is 58.2 Å². The van der Waals surface area contributed by atoms with Gasteiger partial charge in [0.05, 0.1) is 15.6 Å². The molecule has 0 heterocycles. The highest BCUT2D eigenvalue weighted by atomic mass is 35.5. The Morgan fingerprint density at radius 3 is 2.24 bits per heavy atom. The number of carbonyl (C=O) groups is 1. The maximum Gasteiger partial charge on any atom is 0.264 e. The van der Waals surface area contributed by atoms with E-state index in [4.69, 9.17) is 46.4 Å². The summed E-state index contributed by atoms with van der Waals surface area (Å²) in [6.07, 6.45) is 0. The first-order chi connectivity index (χ1) is 16.2. The number of hydrogen-bond acceptors (Lipinski definition) is 4. The maximum atomic E-state index is 13.3. The fourth-order valence-electron chi connectivity index (χ4n) is 2.99. The minimum absolute atomic E-state index is 0.0333. The van der Waals surface area contributed by atoms with Crippen molar-refractivity contribution in [1.29, 1.82) is 0 Å². The molecule has 11 heteroatoms. The molecule has 3 rings (SSSR count). The van der Waals surface area contributed by atoms with Crippen LogP contribution in [-0.2, 0) is 20.6 Å². The summed E-state index contributed by atoms with van der Waals surface area (Å²) in [5.74, 6) is 0.685. The number of anilines is 1. The molecule has 0 aliphatic carbocycles. The lowest BCUT2D eigenvalue weighted by molar-refractivity contribution is -0.119. The predicted molar refractivity (Wildman–Crippen MR) is 143 cm³/mol. The van der Waals surface area contributed by atoms with E-state index >= 15 is 0 Å². The van der Waals surface area contributed by atoms with E-state index in [1.165, 1.54) is 24.3 Å². The number of amides is 1. The Kier molecular flexibility index (Phi) is 9.83. The van der Waals surface area contributed by atoms with E-state index < -0.39 is 22.5 Å². The number of nitrogens with one attached hydrogen (secondary N) is 1. The highest BCUT2D eigenvalue weighted by molar-refractivity contribution is 7.98. The molecule has 0 spiro atoms. The first-order valence-electron chi connectivity index (χ1n) is 10.0. The van der Waals surface area contributed by atoms with Gasteiger partial charge < -0.3 is 5.32 Å². The molecule has 0 atom stereocenters. The number of halogens is 4. The average Bonchev–Trinajstić information content (AvgIpc) is 2.81. The summed E-state index contributed by atoms with van der Waals surface area (Å²) in [6, 6.07) is 17.6. The monoisotopic (exact) mass is 576 g/mol. The lowest BCUT2D eigenvalue weighted by Crippen LogP contribution is -2.41. The fourth-order valence-corrected chi connectivity index (χ4v) is 6.47. The first kappa shape index (κ1) is 27.0. The molecule has 0 aliphatic rings. The molecule has 0 saturated heterocycles. The van der Waals surface area contributed by atoms with Gasteiger partial charge in [-0.3, -0.25) is 9.10 Å². The van der Waals surface area contributed by atoms with Crippen LogP contribution in [0.4, 0.5) is 5.69 Å². The van der Waals surface area contributed by atoms with Gasteiger partial charge in [0.15, 0.2) is 0 Å². The van der Waals surface area contributed by atoms with Gasteiger partial charge in [0.25, 0.3) is 10.0 Å². The minimum Gasteiger partial charge on any atom is -0.354 e. The Bertz CT molecular complexity index is 1240. The van der Waals surface area contributed by atoms with Crippen LogP contribution in [0.2, 0.25) is 20.1 Å². The molecule has 0 bridgehead atoms. The number of rotatable bonds is 10. The molecule has 0 saturated carbocycles. The van der Waals surface area contributed by atoms with Crippen LogP contribution in [-0.4, -0.2) is 33.2 Å². The van der Waals surface area contributed by atoms with E-state index in [1.807, 2.05) is 0 Å². The van der Waals surface area contributed by atoms with Crippen molar-refractivity contribution in [3.05, 3.63) is 92.4 Å². The topological polar surface area (TPSA) is 66.5 Å². The third-order valence-electron chi connectivity index (χ3n) is 4.67. The molecule has 180 valence electrons. The number of benzene rings is 3. The summed E-state index contributed by atoms with van der Waals surface area (Å²) in [5, 5.41) is 4.37. The number of thioether (sulfide) groups is 1. The Morgan fingerprint density at radius 1 is 0.882 bits per heavy atom. The van der Waals surface area contributed by atoms with Crippen molar-refractivity contribution in [3.63, 3.8) is 0 Å². The van der Waals surface area contributed by atoms with Crippen molar-refractivity contribution >= 4 is 79.8 Å². The molecular formula is C23H20Cl4N2O3S2. The predicted octanol–water partition coefficient (Wildman–Crippen LogP) is 6.55. The Labute approximate surface area is 223 Å². The van der Waals surface area contributed by atoms with Crippen LogP contribution in [0, 0.1) is 0 Å². The molecule has 0 radical (unpaired) electrons. The number of nitrogens with zero attached hydrogens (tertiary/aromatic N) is 1. The molecule has 1 N–H and O–H groups in total. The minimum atomic E-state index is -4.07. The molecule has 3 aromatic carbocycles. The van der Waals surface area contributed by atoms with Gasteiger partial charge in [-0.25, -0.2) is 8.42 Å². The second-order valence-electron chi connectivity index (χ2n) is 7.02. The van der Waals surface area contributed by atoms with Crippen LogP contribution in [0.25, 0.3) is 0 Å². The molecule has 0 fully saturated rings. The van der Waals surface area contributed by atoms with Crippen LogP contribution in [0.3, 0.4) is 0 Å². The van der Waals surface area contributed by atoms with E-state index in [2.05, 4.69) is 5.32 Å². The smallest absolute Gasteiger partial charge is 0.264 e. The van der Waals surface area contributed by atoms with Crippen molar-refractivity contribution in [2.75, 3.05) is 23.1 Å². The van der Waals surface area contributed by atoms with Crippen molar-refractivity contribution in [2.45, 2.75) is 10.6 Å². The number of hydrogen-bond donors (Lipinski definition) is 1. The van der Waals surface area contributed by atoms with Crippen molar-refractivity contribution in [1.82, 2.24) is 5.32 Å². The maximum absolute atomic E-state index is 13.3. The van der Waals surface area contributed by atoms with Crippen molar-refractivity contribution in [2.24, 2.45) is 0 Å². The summed E-state index contributed by atoms with van der Waals surface area (Å²) in [4.78, 5) is 12.7. The van der Waals surface area contributed by atoms with Gasteiger partial charge >= 0.3 is 0 Å². The molecule has 0 aromatic heterocycles. The molecule has 34 heavy (non-hydrogen) atoms. The number of sulfonamides is 1. The van der Waals surface area contributed by atoms with Gasteiger partial charge in [0.1, 0.15) is 6.54 Å². The molecule has 1 amide bonds. The second kappa shape index (κ2) is 12.4. The van der Waals surface area contributed by atoms with Gasteiger partial charge in [-0.2, -0.15) is 11.8 Å². The molecule has 5 nitrogen and oxygen atoms in total. The Hall–Kier alpha value is -1.61. The normalized spacial score (nSPS) is 11.3. The van der Waals surface area contributed by atoms with Crippen LogP contribution < -0.4 is 9.62 Å². The Balaban J connectivity index is 1.68. The molecule has 0 aliphatic heterocycles. The zero-order valence-corrected chi connectivity index (χ0v) is 22.3. The van der Waals surface area contributed by atoms with E-state index in [0.29, 0.717) is 33.1 Å². The largest absolute Gasteiger partial charge is 0.354 e. The zero-order chi connectivity index (χ0) is 24.7. The standard InChI is InChI=1S/C23H20Cl4N2O3S2/c24-16-9-10-21(27)22(13-16)29(34(31,32)17-5-2-1-3-6-17)14-23(30)28-11-12-33-15-18-19(25)7-4-8-20(18)26/h1-10,13H,11-12,14-15H2,(H,28,30). The summed E-state index contributed by atoms with van der Waals surface area (Å²) in [5.41, 5.74) is 0.953. The van der Waals surface area contributed by atoms with Crippen LogP contribution in [0.15, 0.2) is 71.6 Å². The molecule has 3 aromatic rings. The quantitative estimate of drug-likeness (QED) is 0.278. The van der Waals surface area contributed by atoms with Crippen LogP contribution in [0.5, 0.6) is 0 Å². The van der Waals surface area contributed by atoms with Crippen LogP contribution in [0.1, 0.15) is 5.56 Å². The van der Waals surface area contributed by atoms with Gasteiger partial charge in [0, 0.05) is 33.1 Å². The van der Waals surface area contributed by atoms with E-state index in [0.717, 1.165) is 9.87 Å². The summed E-state index contributed by atoms with van der Waals surface area (Å²) in [6.45, 7) is -0.133. The summed E-state index contributed by atoms with van der Waals surface area (Å²) in [7, 11) is -4.07. The van der Waals surface area contributed by atoms with Gasteiger partial charge in [-0.1, -0.05) is 70.7 Å². The fraction of sp³-hybridized carbons (Fsp3) is 0.174. The second-order valence-corrected chi connectivity index (χ2v) is 11.6.